The summed E-state index contributed by atoms with van der Waals surface area (Å²) in [6.45, 7) is 3.42. The van der Waals surface area contributed by atoms with E-state index in [0.29, 0.717) is 19.1 Å². The van der Waals surface area contributed by atoms with Crippen molar-refractivity contribution >= 4 is 0 Å². The maximum atomic E-state index is 9.39. The summed E-state index contributed by atoms with van der Waals surface area (Å²) in [6, 6.07) is 0.563. The lowest BCUT2D eigenvalue weighted by molar-refractivity contribution is 0.0572. The molecule has 76 valence electrons. The third-order valence-corrected chi connectivity index (χ3v) is 3.11. The predicted molar refractivity (Wildman–Crippen MR) is 49.5 cm³/mol. The fourth-order valence-electron chi connectivity index (χ4n) is 2.27. The zero-order valence-electron chi connectivity index (χ0n) is 7.82. The molecule has 2 atom stereocenters. The van der Waals surface area contributed by atoms with Crippen LogP contribution in [0.2, 0.25) is 0 Å². The van der Waals surface area contributed by atoms with Crippen LogP contribution in [0.4, 0.5) is 0 Å². The molecular formula is C9H18N2O2. The number of hydrogen-bond donors (Lipinski definition) is 3. The van der Waals surface area contributed by atoms with Crippen molar-refractivity contribution in [2.45, 2.75) is 31.1 Å². The summed E-state index contributed by atoms with van der Waals surface area (Å²) in [4.78, 5) is 2.22. The van der Waals surface area contributed by atoms with E-state index in [2.05, 4.69) is 10.2 Å². The minimum absolute atomic E-state index is 0.533. The maximum absolute atomic E-state index is 9.39. The Balaban J connectivity index is 1.87. The van der Waals surface area contributed by atoms with Crippen LogP contribution >= 0.6 is 0 Å². The van der Waals surface area contributed by atoms with E-state index in [1.165, 1.54) is 0 Å². The van der Waals surface area contributed by atoms with Crippen molar-refractivity contribution < 1.29 is 10.2 Å². The Kier molecular flexibility index (Phi) is 2.83. The Morgan fingerprint density at radius 2 is 1.54 bits per heavy atom. The van der Waals surface area contributed by atoms with E-state index >= 15 is 0 Å². The Labute approximate surface area is 78.5 Å². The van der Waals surface area contributed by atoms with Crippen molar-refractivity contribution in [2.75, 3.05) is 26.2 Å². The van der Waals surface area contributed by atoms with Crippen molar-refractivity contribution in [2.24, 2.45) is 0 Å². The van der Waals surface area contributed by atoms with Crippen LogP contribution in [0.25, 0.3) is 0 Å². The molecule has 2 rings (SSSR count). The third-order valence-electron chi connectivity index (χ3n) is 3.11. The van der Waals surface area contributed by atoms with Gasteiger partial charge in [-0.15, -0.1) is 0 Å². The summed E-state index contributed by atoms with van der Waals surface area (Å²) >= 11 is 0. The first-order valence-electron chi connectivity index (χ1n) is 5.08. The second-order valence-electron chi connectivity index (χ2n) is 4.07. The highest BCUT2D eigenvalue weighted by atomic mass is 16.3. The molecule has 0 unspecified atom stereocenters. The zero-order chi connectivity index (χ0) is 9.26. The molecule has 0 aliphatic carbocycles. The van der Waals surface area contributed by atoms with Gasteiger partial charge in [0, 0.05) is 19.1 Å². The van der Waals surface area contributed by atoms with Gasteiger partial charge in [-0.05, 0) is 25.9 Å². The van der Waals surface area contributed by atoms with E-state index in [1.54, 1.807) is 0 Å². The van der Waals surface area contributed by atoms with Crippen molar-refractivity contribution in [1.82, 2.24) is 10.2 Å². The van der Waals surface area contributed by atoms with Gasteiger partial charge in [-0.3, -0.25) is 4.90 Å². The molecule has 0 radical (unpaired) electrons. The highest BCUT2D eigenvalue weighted by molar-refractivity contribution is 4.89. The van der Waals surface area contributed by atoms with E-state index in [0.717, 1.165) is 25.9 Å². The standard InChI is InChI=1S/C9H18N2O2/c12-8-5-11(6-9(8)13)7-1-3-10-4-2-7/h7-10,12-13H,1-6H2/t8-,9-/m0/s1. The van der Waals surface area contributed by atoms with Gasteiger partial charge >= 0.3 is 0 Å². The van der Waals surface area contributed by atoms with Crippen LogP contribution in [-0.4, -0.2) is 59.5 Å². The van der Waals surface area contributed by atoms with Gasteiger partial charge in [-0.1, -0.05) is 0 Å². The van der Waals surface area contributed by atoms with Crippen molar-refractivity contribution in [3.05, 3.63) is 0 Å². The number of β-amino-alcohol motifs (C(OH)–C–C–N with tert-alkyl or cyclic N) is 2. The Morgan fingerprint density at radius 1 is 1.00 bits per heavy atom. The molecule has 0 saturated carbocycles. The van der Waals surface area contributed by atoms with E-state index in [4.69, 9.17) is 0 Å². The van der Waals surface area contributed by atoms with E-state index in [1.807, 2.05) is 0 Å². The molecule has 0 aromatic carbocycles. The lowest BCUT2D eigenvalue weighted by Gasteiger charge is -2.31. The van der Waals surface area contributed by atoms with Gasteiger partial charge in [0.15, 0.2) is 0 Å². The number of nitrogens with one attached hydrogen (secondary N) is 1. The topological polar surface area (TPSA) is 55.7 Å². The molecule has 2 heterocycles. The summed E-state index contributed by atoms with van der Waals surface area (Å²) < 4.78 is 0. The molecule has 0 spiro atoms. The fraction of sp³-hybridized carbons (Fsp3) is 1.00. The van der Waals surface area contributed by atoms with Crippen LogP contribution in [0.3, 0.4) is 0 Å². The summed E-state index contributed by atoms with van der Waals surface area (Å²) in [7, 11) is 0. The monoisotopic (exact) mass is 186 g/mol. The highest BCUT2D eigenvalue weighted by Crippen LogP contribution is 2.18. The van der Waals surface area contributed by atoms with E-state index < -0.39 is 12.2 Å². The van der Waals surface area contributed by atoms with Gasteiger partial charge < -0.3 is 15.5 Å². The molecule has 2 aliphatic rings. The zero-order valence-corrected chi connectivity index (χ0v) is 7.82. The summed E-state index contributed by atoms with van der Waals surface area (Å²) in [5, 5.41) is 22.1. The molecule has 4 nitrogen and oxygen atoms in total. The van der Waals surface area contributed by atoms with Crippen molar-refractivity contribution in [3.63, 3.8) is 0 Å². The van der Waals surface area contributed by atoms with Crippen LogP contribution in [-0.2, 0) is 0 Å². The number of aliphatic hydroxyl groups excluding tert-OH is 2. The fourth-order valence-corrected chi connectivity index (χ4v) is 2.27. The SMILES string of the molecule is O[C@H]1CN(C2CCNCC2)C[C@@H]1O. The lowest BCUT2D eigenvalue weighted by Crippen LogP contribution is -2.42. The van der Waals surface area contributed by atoms with Gasteiger partial charge in [0.1, 0.15) is 0 Å². The average molecular weight is 186 g/mol. The van der Waals surface area contributed by atoms with Crippen LogP contribution in [0, 0.1) is 0 Å². The minimum Gasteiger partial charge on any atom is -0.389 e. The highest BCUT2D eigenvalue weighted by Gasteiger charge is 2.33. The number of piperidine rings is 1. The molecule has 0 amide bonds. The van der Waals surface area contributed by atoms with Gasteiger partial charge in [-0.25, -0.2) is 0 Å². The number of nitrogens with zero attached hydrogens (tertiary/aromatic N) is 1. The van der Waals surface area contributed by atoms with E-state index in [9.17, 15) is 10.2 Å². The first-order valence-corrected chi connectivity index (χ1v) is 5.08. The predicted octanol–water partition coefficient (Wildman–Crippen LogP) is -1.22. The molecule has 3 N–H and O–H groups in total. The smallest absolute Gasteiger partial charge is 0.0938 e. The van der Waals surface area contributed by atoms with Crippen molar-refractivity contribution in [1.29, 1.82) is 0 Å². The number of rotatable bonds is 1. The maximum Gasteiger partial charge on any atom is 0.0938 e. The van der Waals surface area contributed by atoms with Gasteiger partial charge in [0.2, 0.25) is 0 Å². The van der Waals surface area contributed by atoms with E-state index in [-0.39, 0.29) is 0 Å². The Morgan fingerprint density at radius 3 is 2.08 bits per heavy atom. The summed E-state index contributed by atoms with van der Waals surface area (Å²) in [5.74, 6) is 0. The third kappa shape index (κ3) is 2.02. The van der Waals surface area contributed by atoms with Gasteiger partial charge in [0.25, 0.3) is 0 Å². The number of aliphatic hydroxyl groups is 2. The summed E-state index contributed by atoms with van der Waals surface area (Å²) in [5.41, 5.74) is 0. The van der Waals surface area contributed by atoms with Gasteiger partial charge in [-0.2, -0.15) is 0 Å². The van der Waals surface area contributed by atoms with Crippen molar-refractivity contribution in [3.8, 4) is 0 Å². The lowest BCUT2D eigenvalue weighted by atomic mass is 10.1. The van der Waals surface area contributed by atoms with Gasteiger partial charge in [0.05, 0.1) is 12.2 Å². The second-order valence-corrected chi connectivity index (χ2v) is 4.07. The Bertz CT molecular complexity index is 161. The first kappa shape index (κ1) is 9.40. The van der Waals surface area contributed by atoms with Crippen LogP contribution in [0.15, 0.2) is 0 Å². The van der Waals surface area contributed by atoms with Crippen LogP contribution < -0.4 is 5.32 Å². The molecule has 0 bridgehead atoms. The number of hydrogen-bond acceptors (Lipinski definition) is 4. The van der Waals surface area contributed by atoms with Crippen LogP contribution in [0.1, 0.15) is 12.8 Å². The molecule has 4 heteroatoms. The molecule has 2 aliphatic heterocycles. The second kappa shape index (κ2) is 3.92. The largest absolute Gasteiger partial charge is 0.389 e. The minimum atomic E-state index is -0.533. The average Bonchev–Trinajstić information content (AvgIpc) is 2.49. The normalized spacial score (nSPS) is 38.3. The first-order chi connectivity index (χ1) is 6.27. The molecular weight excluding hydrogens is 168 g/mol. The summed E-state index contributed by atoms with van der Waals surface area (Å²) in [6.07, 6.45) is 1.21. The molecule has 0 aromatic heterocycles. The quantitative estimate of drug-likeness (QED) is 0.480. The molecule has 2 saturated heterocycles. The molecule has 2 fully saturated rings. The molecule has 0 aromatic rings. The number of likely N-dealkylation sites (tertiary alicyclic amines) is 1. The molecule has 13 heavy (non-hydrogen) atoms. The Hall–Kier alpha value is -0.160. The van der Waals surface area contributed by atoms with Crippen LogP contribution in [0.5, 0.6) is 0 Å².